The molecule has 1 N–H and O–H groups in total. The number of nitrogens with zero attached hydrogens (tertiary/aromatic N) is 3. The lowest BCUT2D eigenvalue weighted by atomic mass is 10.2. The average molecular weight is 413 g/mol. The Balaban J connectivity index is 0.00000121. The van der Waals surface area contributed by atoms with Gasteiger partial charge in [0, 0.05) is 49.1 Å². The van der Waals surface area contributed by atoms with Gasteiger partial charge in [-0.25, -0.2) is 5.01 Å². The van der Waals surface area contributed by atoms with Gasteiger partial charge in [-0.05, 0) is 31.3 Å². The molecule has 2 aliphatic heterocycles. The van der Waals surface area contributed by atoms with Crippen LogP contribution in [0.15, 0.2) is 58.3 Å². The minimum absolute atomic E-state index is 0. The van der Waals surface area contributed by atoms with E-state index in [0.29, 0.717) is 0 Å². The van der Waals surface area contributed by atoms with E-state index in [2.05, 4.69) is 75.8 Å². The second kappa shape index (κ2) is 9.83. The third-order valence-corrected chi connectivity index (χ3v) is 5.84. The number of hydrazine groups is 1. The maximum Gasteiger partial charge on any atom is 0.0553 e. The zero-order chi connectivity index (χ0) is 16.4. The highest BCUT2D eigenvalue weighted by atomic mass is 35.5. The highest BCUT2D eigenvalue weighted by Gasteiger charge is 2.22. The molecule has 2 aliphatic rings. The standard InChI is InChI=1S/C19H24N4S.2ClH/c1-21-12-14-22(15-13-21)20-10-11-23-16-6-2-4-8-18(16)24-19-9-5-3-7-17(19)23;;/h2-9,20H,10-15H2,1H3;2*1H. The van der Waals surface area contributed by atoms with Crippen LogP contribution in [0.4, 0.5) is 11.4 Å². The van der Waals surface area contributed by atoms with Crippen LogP contribution in [0.1, 0.15) is 0 Å². The van der Waals surface area contributed by atoms with E-state index in [4.69, 9.17) is 0 Å². The molecule has 0 aliphatic carbocycles. The molecule has 4 rings (SSSR count). The molecular formula is C19H26Cl2N4S. The molecule has 7 heteroatoms. The SMILES string of the molecule is CN1CCN(NCCN2c3ccccc3Sc3ccccc32)CC1.Cl.Cl. The van der Waals surface area contributed by atoms with Crippen LogP contribution in [0.3, 0.4) is 0 Å². The molecule has 4 nitrogen and oxygen atoms in total. The largest absolute Gasteiger partial charge is 0.338 e. The smallest absolute Gasteiger partial charge is 0.0553 e. The second-order valence-electron chi connectivity index (χ2n) is 6.39. The number of anilines is 2. The first kappa shape index (κ1) is 21.4. The van der Waals surface area contributed by atoms with Crippen molar-refractivity contribution in [1.29, 1.82) is 0 Å². The lowest BCUT2D eigenvalue weighted by molar-refractivity contribution is 0.106. The molecule has 1 saturated heterocycles. The van der Waals surface area contributed by atoms with Gasteiger partial charge in [-0.2, -0.15) is 0 Å². The Labute approximate surface area is 172 Å². The quantitative estimate of drug-likeness (QED) is 0.819. The number of rotatable bonds is 4. The molecule has 2 aromatic rings. The molecule has 142 valence electrons. The van der Waals surface area contributed by atoms with Crippen molar-refractivity contribution in [3.63, 3.8) is 0 Å². The van der Waals surface area contributed by atoms with Gasteiger partial charge in [-0.1, -0.05) is 36.0 Å². The van der Waals surface area contributed by atoms with Crippen molar-refractivity contribution in [3.05, 3.63) is 48.5 Å². The van der Waals surface area contributed by atoms with Gasteiger partial charge < -0.3 is 9.80 Å². The molecule has 26 heavy (non-hydrogen) atoms. The first-order chi connectivity index (χ1) is 11.8. The maximum absolute atomic E-state index is 3.61. The summed E-state index contributed by atoms with van der Waals surface area (Å²) in [5.74, 6) is 0. The van der Waals surface area contributed by atoms with Gasteiger partial charge >= 0.3 is 0 Å². The summed E-state index contributed by atoms with van der Waals surface area (Å²) in [6.45, 7) is 6.40. The summed E-state index contributed by atoms with van der Waals surface area (Å²) in [6, 6.07) is 17.4. The third kappa shape index (κ3) is 4.66. The number of hydrogen-bond donors (Lipinski definition) is 1. The molecule has 0 amide bonds. The number of likely N-dealkylation sites (N-methyl/N-ethyl adjacent to an activating group) is 1. The van der Waals surface area contributed by atoms with Gasteiger partial charge in [0.1, 0.15) is 0 Å². The predicted molar refractivity (Wildman–Crippen MR) is 116 cm³/mol. The Hall–Kier alpha value is -0.950. The number of para-hydroxylation sites is 2. The lowest BCUT2D eigenvalue weighted by Gasteiger charge is -2.35. The van der Waals surface area contributed by atoms with Gasteiger partial charge in [0.15, 0.2) is 0 Å². The van der Waals surface area contributed by atoms with E-state index in [1.165, 1.54) is 21.2 Å². The number of nitrogens with one attached hydrogen (secondary N) is 1. The minimum Gasteiger partial charge on any atom is -0.338 e. The van der Waals surface area contributed by atoms with Gasteiger partial charge in [0.2, 0.25) is 0 Å². The molecule has 0 bridgehead atoms. The van der Waals surface area contributed by atoms with E-state index < -0.39 is 0 Å². The fraction of sp³-hybridized carbons (Fsp3) is 0.368. The van der Waals surface area contributed by atoms with Gasteiger partial charge in [-0.3, -0.25) is 5.43 Å². The average Bonchev–Trinajstić information content (AvgIpc) is 2.63. The van der Waals surface area contributed by atoms with Crippen LogP contribution in [-0.2, 0) is 0 Å². The number of benzene rings is 2. The highest BCUT2D eigenvalue weighted by Crippen LogP contribution is 2.47. The van der Waals surface area contributed by atoms with E-state index in [1.807, 2.05) is 11.8 Å². The summed E-state index contributed by atoms with van der Waals surface area (Å²) in [7, 11) is 2.19. The Morgan fingerprint density at radius 2 is 1.38 bits per heavy atom. The van der Waals surface area contributed by atoms with Gasteiger partial charge in [0.05, 0.1) is 11.4 Å². The van der Waals surface area contributed by atoms with Crippen molar-refractivity contribution in [2.75, 3.05) is 51.2 Å². The van der Waals surface area contributed by atoms with E-state index >= 15 is 0 Å². The molecule has 2 aromatic carbocycles. The summed E-state index contributed by atoms with van der Waals surface area (Å²) >= 11 is 1.87. The molecule has 0 spiro atoms. The van der Waals surface area contributed by atoms with Crippen LogP contribution >= 0.6 is 36.6 Å². The van der Waals surface area contributed by atoms with Crippen LogP contribution in [0.2, 0.25) is 0 Å². The first-order valence-corrected chi connectivity index (χ1v) is 9.43. The Morgan fingerprint density at radius 1 is 0.846 bits per heavy atom. The number of piperazine rings is 1. The highest BCUT2D eigenvalue weighted by molar-refractivity contribution is 7.99. The fourth-order valence-corrected chi connectivity index (χ4v) is 4.40. The zero-order valence-electron chi connectivity index (χ0n) is 14.9. The van der Waals surface area contributed by atoms with E-state index in [1.54, 1.807) is 0 Å². The number of fused-ring (bicyclic) bond motifs is 2. The van der Waals surface area contributed by atoms with Crippen LogP contribution < -0.4 is 10.3 Å². The van der Waals surface area contributed by atoms with Crippen molar-refractivity contribution in [1.82, 2.24) is 15.3 Å². The minimum atomic E-state index is 0. The molecule has 0 radical (unpaired) electrons. The van der Waals surface area contributed by atoms with E-state index in [0.717, 1.165) is 39.3 Å². The van der Waals surface area contributed by atoms with Crippen LogP contribution in [0.25, 0.3) is 0 Å². The van der Waals surface area contributed by atoms with Crippen LogP contribution in [0, 0.1) is 0 Å². The van der Waals surface area contributed by atoms with Crippen molar-refractivity contribution in [3.8, 4) is 0 Å². The molecule has 0 saturated carbocycles. The summed E-state index contributed by atoms with van der Waals surface area (Å²) in [5, 5.41) is 2.36. The molecule has 0 aromatic heterocycles. The zero-order valence-corrected chi connectivity index (χ0v) is 17.4. The number of hydrogen-bond acceptors (Lipinski definition) is 5. The van der Waals surface area contributed by atoms with Crippen LogP contribution in [-0.4, -0.2) is 56.2 Å². The molecule has 2 heterocycles. The topological polar surface area (TPSA) is 21.8 Å². The normalized spacial score (nSPS) is 16.9. The summed E-state index contributed by atoms with van der Waals surface area (Å²) in [4.78, 5) is 7.52. The van der Waals surface area contributed by atoms with Gasteiger partial charge in [-0.15, -0.1) is 24.8 Å². The Kier molecular flexibility index (Phi) is 8.07. The molecule has 1 fully saturated rings. The molecule has 0 unspecified atom stereocenters. The Bertz CT molecular complexity index is 662. The lowest BCUT2D eigenvalue weighted by Crippen LogP contribution is -2.52. The van der Waals surface area contributed by atoms with Crippen molar-refractivity contribution in [2.24, 2.45) is 0 Å². The van der Waals surface area contributed by atoms with Gasteiger partial charge in [0.25, 0.3) is 0 Å². The van der Waals surface area contributed by atoms with E-state index in [-0.39, 0.29) is 24.8 Å². The molecule has 0 atom stereocenters. The summed E-state index contributed by atoms with van der Waals surface area (Å²) in [6.07, 6.45) is 0. The first-order valence-electron chi connectivity index (χ1n) is 8.62. The monoisotopic (exact) mass is 412 g/mol. The predicted octanol–water partition coefficient (Wildman–Crippen LogP) is 3.88. The van der Waals surface area contributed by atoms with Crippen LogP contribution in [0.5, 0.6) is 0 Å². The summed E-state index contributed by atoms with van der Waals surface area (Å²) < 4.78 is 0. The Morgan fingerprint density at radius 3 is 1.96 bits per heavy atom. The fourth-order valence-electron chi connectivity index (χ4n) is 3.31. The molecular weight excluding hydrogens is 387 g/mol. The summed E-state index contributed by atoms with van der Waals surface area (Å²) in [5.41, 5.74) is 6.25. The van der Waals surface area contributed by atoms with Crippen molar-refractivity contribution >= 4 is 48.0 Å². The van der Waals surface area contributed by atoms with Crippen molar-refractivity contribution < 1.29 is 0 Å². The second-order valence-corrected chi connectivity index (χ2v) is 7.47. The van der Waals surface area contributed by atoms with Crippen molar-refractivity contribution in [2.45, 2.75) is 9.79 Å². The third-order valence-electron chi connectivity index (χ3n) is 4.71. The van der Waals surface area contributed by atoms with E-state index in [9.17, 15) is 0 Å². The number of halogens is 2. The maximum atomic E-state index is 3.61.